The highest BCUT2D eigenvalue weighted by Crippen LogP contribution is 2.33. The van der Waals surface area contributed by atoms with Gasteiger partial charge in [-0.2, -0.15) is 0 Å². The smallest absolute Gasteiger partial charge is 0.308 e. The highest BCUT2D eigenvalue weighted by atomic mass is 32.1. The number of hydrogen-bond donors (Lipinski definition) is 1. The zero-order valence-electron chi connectivity index (χ0n) is 27.6. The second kappa shape index (κ2) is 18.5. The summed E-state index contributed by atoms with van der Waals surface area (Å²) in [5.74, 6) is -1.25. The van der Waals surface area contributed by atoms with Gasteiger partial charge in [-0.3, -0.25) is 19.2 Å². The lowest BCUT2D eigenvalue weighted by Gasteiger charge is -2.35. The molecule has 1 heterocycles. The Morgan fingerprint density at radius 2 is 1.68 bits per heavy atom. The van der Waals surface area contributed by atoms with Gasteiger partial charge in [0.25, 0.3) is 5.91 Å². The van der Waals surface area contributed by atoms with Crippen LogP contribution in [-0.2, 0) is 30.3 Å². The molecule has 3 rings (SSSR count). The van der Waals surface area contributed by atoms with E-state index >= 15 is 0 Å². The van der Waals surface area contributed by atoms with Crippen molar-refractivity contribution >= 4 is 35.1 Å². The van der Waals surface area contributed by atoms with E-state index in [1.165, 1.54) is 25.4 Å². The number of esters is 2. The van der Waals surface area contributed by atoms with Crippen molar-refractivity contribution in [3.8, 4) is 0 Å². The van der Waals surface area contributed by atoms with Gasteiger partial charge in [0.05, 0.1) is 13.0 Å². The van der Waals surface area contributed by atoms with Crippen LogP contribution in [-0.4, -0.2) is 59.9 Å². The van der Waals surface area contributed by atoms with Gasteiger partial charge in [0.15, 0.2) is 6.10 Å². The molecule has 1 N–H and O–H groups in total. The van der Waals surface area contributed by atoms with Crippen molar-refractivity contribution in [1.29, 1.82) is 0 Å². The highest BCUT2D eigenvalue weighted by Gasteiger charge is 2.34. The first kappa shape index (κ1) is 36.9. The zero-order chi connectivity index (χ0) is 32.8. The molecular weight excluding hydrogens is 578 g/mol. The van der Waals surface area contributed by atoms with Crippen molar-refractivity contribution in [2.24, 2.45) is 17.8 Å². The van der Waals surface area contributed by atoms with Crippen LogP contribution >= 0.6 is 11.3 Å². The van der Waals surface area contributed by atoms with Crippen LogP contribution in [0.15, 0.2) is 35.7 Å². The number of aromatic nitrogens is 1. The lowest BCUT2D eigenvalue weighted by atomic mass is 9.94. The molecule has 4 atom stereocenters. The SMILES string of the molecule is CC.COC(=O)C(C)CC(Cc1ccccc1)NC(=O)c1csc(C(CC(C(C)C)N(C)C(=O)C2CCCC2)OC(C)=O)n1. The summed E-state index contributed by atoms with van der Waals surface area (Å²) in [6, 6.07) is 9.25. The molecular formula is C34H51N3O6S. The monoisotopic (exact) mass is 629 g/mol. The van der Waals surface area contributed by atoms with E-state index < -0.39 is 18.0 Å². The Hall–Kier alpha value is -3.27. The van der Waals surface area contributed by atoms with Crippen LogP contribution in [0.4, 0.5) is 0 Å². The van der Waals surface area contributed by atoms with Crippen LogP contribution in [0.3, 0.4) is 0 Å². The number of rotatable bonds is 14. The lowest BCUT2D eigenvalue weighted by Crippen LogP contribution is -2.44. The second-order valence-corrected chi connectivity index (χ2v) is 12.6. The predicted octanol–water partition coefficient (Wildman–Crippen LogP) is 6.38. The van der Waals surface area contributed by atoms with Gasteiger partial charge < -0.3 is 19.7 Å². The molecule has 44 heavy (non-hydrogen) atoms. The highest BCUT2D eigenvalue weighted by molar-refractivity contribution is 7.09. The van der Waals surface area contributed by atoms with Gasteiger partial charge in [0, 0.05) is 43.8 Å². The van der Waals surface area contributed by atoms with E-state index in [4.69, 9.17) is 9.47 Å². The number of methoxy groups -OCH3 is 1. The minimum absolute atomic E-state index is 0.0457. The Morgan fingerprint density at radius 1 is 1.05 bits per heavy atom. The fraction of sp³-hybridized carbons (Fsp3) is 0.618. The molecule has 0 aliphatic heterocycles. The third-order valence-electron chi connectivity index (χ3n) is 8.01. The van der Waals surface area contributed by atoms with Gasteiger partial charge in [0.2, 0.25) is 5.91 Å². The molecule has 1 aromatic heterocycles. The van der Waals surface area contributed by atoms with Crippen molar-refractivity contribution < 1.29 is 28.7 Å². The van der Waals surface area contributed by atoms with E-state index in [1.54, 1.807) is 12.3 Å². The van der Waals surface area contributed by atoms with Gasteiger partial charge in [-0.15, -0.1) is 11.3 Å². The number of amides is 2. The molecule has 9 nitrogen and oxygen atoms in total. The molecule has 244 valence electrons. The van der Waals surface area contributed by atoms with E-state index in [-0.39, 0.29) is 47.4 Å². The third kappa shape index (κ3) is 11.0. The van der Waals surface area contributed by atoms with Gasteiger partial charge in [0.1, 0.15) is 10.7 Å². The van der Waals surface area contributed by atoms with Crippen LogP contribution in [0.1, 0.15) is 107 Å². The number of nitrogens with one attached hydrogen (secondary N) is 1. The lowest BCUT2D eigenvalue weighted by molar-refractivity contribution is -0.149. The molecule has 0 bridgehead atoms. The van der Waals surface area contributed by atoms with Gasteiger partial charge in [-0.1, -0.05) is 77.8 Å². The first-order valence-corrected chi connectivity index (χ1v) is 16.7. The molecule has 1 aliphatic rings. The molecule has 0 radical (unpaired) electrons. The van der Waals surface area contributed by atoms with E-state index in [0.29, 0.717) is 24.3 Å². The average molecular weight is 630 g/mol. The maximum Gasteiger partial charge on any atom is 0.308 e. The Morgan fingerprint density at radius 3 is 2.25 bits per heavy atom. The van der Waals surface area contributed by atoms with Crippen LogP contribution < -0.4 is 5.32 Å². The van der Waals surface area contributed by atoms with Crippen molar-refractivity contribution in [3.05, 3.63) is 52.0 Å². The summed E-state index contributed by atoms with van der Waals surface area (Å²) >= 11 is 1.25. The summed E-state index contributed by atoms with van der Waals surface area (Å²) in [6.07, 6.45) is 4.60. The summed E-state index contributed by atoms with van der Waals surface area (Å²) < 4.78 is 10.6. The Balaban J connectivity index is 0.00000330. The molecule has 1 fully saturated rings. The summed E-state index contributed by atoms with van der Waals surface area (Å²) in [5, 5.41) is 5.20. The number of thiazole rings is 1. The molecule has 1 saturated carbocycles. The Bertz CT molecular complexity index is 1190. The molecule has 0 saturated heterocycles. The molecule has 2 aromatic rings. The maximum atomic E-state index is 13.4. The van der Waals surface area contributed by atoms with E-state index in [0.717, 1.165) is 31.2 Å². The fourth-order valence-electron chi connectivity index (χ4n) is 5.74. The third-order valence-corrected chi connectivity index (χ3v) is 8.95. The second-order valence-electron chi connectivity index (χ2n) is 11.7. The summed E-state index contributed by atoms with van der Waals surface area (Å²) in [6.45, 7) is 11.2. The average Bonchev–Trinajstić information content (AvgIpc) is 3.72. The van der Waals surface area contributed by atoms with Gasteiger partial charge in [-0.05, 0) is 37.2 Å². The minimum Gasteiger partial charge on any atom is -0.469 e. The number of nitrogens with zero attached hydrogens (tertiary/aromatic N) is 2. The number of ether oxygens (including phenoxy) is 2. The molecule has 4 unspecified atom stereocenters. The van der Waals surface area contributed by atoms with E-state index in [1.807, 2.05) is 56.1 Å². The van der Waals surface area contributed by atoms with Crippen LogP contribution in [0.2, 0.25) is 0 Å². The number of benzene rings is 1. The Labute approximate surface area is 267 Å². The summed E-state index contributed by atoms with van der Waals surface area (Å²) in [5.41, 5.74) is 1.25. The zero-order valence-corrected chi connectivity index (χ0v) is 28.4. The fourth-order valence-corrected chi connectivity index (χ4v) is 6.58. The largest absolute Gasteiger partial charge is 0.469 e. The van der Waals surface area contributed by atoms with Crippen molar-refractivity contribution in [3.63, 3.8) is 0 Å². The standard InChI is InChI=1S/C32H45N3O6S.C2H6/c1-20(2)27(35(5)31(38)24-14-10-11-15-24)18-28(41-22(4)36)30-34-26(19-42-30)29(37)33-25(16-21(3)32(39)40-6)17-23-12-8-7-9-13-23;1-2/h7-9,12-13,19-21,24-25,27-28H,10-11,14-18H2,1-6H3,(H,33,37);1-2H3. The van der Waals surface area contributed by atoms with Crippen molar-refractivity contribution in [2.75, 3.05) is 14.2 Å². The summed E-state index contributed by atoms with van der Waals surface area (Å²) in [4.78, 5) is 57.2. The molecule has 10 heteroatoms. The van der Waals surface area contributed by atoms with Gasteiger partial charge >= 0.3 is 11.9 Å². The minimum atomic E-state index is -0.695. The van der Waals surface area contributed by atoms with Crippen molar-refractivity contribution in [1.82, 2.24) is 15.2 Å². The summed E-state index contributed by atoms with van der Waals surface area (Å²) in [7, 11) is 3.19. The normalized spacial score (nSPS) is 15.8. The van der Waals surface area contributed by atoms with E-state index in [2.05, 4.69) is 24.1 Å². The quantitative estimate of drug-likeness (QED) is 0.241. The molecule has 1 aromatic carbocycles. The number of carbonyl (C=O) groups excluding carboxylic acids is 4. The number of hydrogen-bond acceptors (Lipinski definition) is 8. The van der Waals surface area contributed by atoms with Crippen LogP contribution in [0.25, 0.3) is 0 Å². The first-order chi connectivity index (χ1) is 21.0. The number of carbonyl (C=O) groups is 4. The maximum absolute atomic E-state index is 13.4. The van der Waals surface area contributed by atoms with E-state index in [9.17, 15) is 19.2 Å². The molecule has 2 amide bonds. The van der Waals surface area contributed by atoms with Crippen LogP contribution in [0.5, 0.6) is 0 Å². The predicted molar refractivity (Wildman–Crippen MR) is 173 cm³/mol. The van der Waals surface area contributed by atoms with Crippen molar-refractivity contribution in [2.45, 2.75) is 105 Å². The molecule has 0 spiro atoms. The molecule has 1 aliphatic carbocycles. The van der Waals surface area contributed by atoms with Gasteiger partial charge in [-0.25, -0.2) is 4.98 Å². The first-order valence-electron chi connectivity index (χ1n) is 15.8. The topological polar surface area (TPSA) is 115 Å². The Kier molecular flexibility index (Phi) is 15.5. The van der Waals surface area contributed by atoms with Crippen LogP contribution in [0, 0.1) is 17.8 Å².